The second kappa shape index (κ2) is 6.42. The van der Waals surface area contributed by atoms with Crippen LogP contribution >= 0.6 is 0 Å². The number of benzene rings is 1. The summed E-state index contributed by atoms with van der Waals surface area (Å²) in [6, 6.07) is 7.18. The molecule has 5 nitrogen and oxygen atoms in total. The fourth-order valence-electron chi connectivity index (χ4n) is 1.21. The van der Waals surface area contributed by atoms with Gasteiger partial charge >= 0.3 is 0 Å². The van der Waals surface area contributed by atoms with Crippen molar-refractivity contribution in [2.24, 2.45) is 15.2 Å². The van der Waals surface area contributed by atoms with E-state index in [4.69, 9.17) is 5.73 Å². The number of guanidine groups is 1. The van der Waals surface area contributed by atoms with E-state index < -0.39 is 0 Å². The molecular weight excluding hydrogens is 214 g/mol. The molecule has 1 aromatic rings. The normalized spacial score (nSPS) is 12.5. The van der Waals surface area contributed by atoms with Gasteiger partial charge in [0.05, 0.1) is 5.69 Å². The van der Waals surface area contributed by atoms with Gasteiger partial charge in [-0.2, -0.15) is 0 Å². The predicted molar refractivity (Wildman–Crippen MR) is 71.3 cm³/mol. The van der Waals surface area contributed by atoms with E-state index in [0.717, 1.165) is 5.69 Å². The van der Waals surface area contributed by atoms with Crippen molar-refractivity contribution in [1.29, 1.82) is 0 Å². The number of azo groups is 1. The van der Waals surface area contributed by atoms with E-state index in [1.54, 1.807) is 24.1 Å². The largest absolute Gasteiger partial charge is 0.399 e. The van der Waals surface area contributed by atoms with Crippen molar-refractivity contribution < 1.29 is 0 Å². The van der Waals surface area contributed by atoms with Crippen molar-refractivity contribution in [3.8, 4) is 0 Å². The van der Waals surface area contributed by atoms with Gasteiger partial charge in [0.25, 0.3) is 0 Å². The quantitative estimate of drug-likeness (QED) is 0.368. The molecule has 0 atom stereocenters. The molecule has 5 heteroatoms. The van der Waals surface area contributed by atoms with Crippen LogP contribution in [0.2, 0.25) is 0 Å². The summed E-state index contributed by atoms with van der Waals surface area (Å²) in [5, 5.41) is 8.15. The van der Waals surface area contributed by atoms with Crippen LogP contribution in [-0.4, -0.2) is 25.0 Å². The first kappa shape index (κ1) is 12.9. The lowest BCUT2D eigenvalue weighted by molar-refractivity contribution is 0.670. The van der Waals surface area contributed by atoms with Crippen LogP contribution in [0, 0.1) is 0 Å². The van der Waals surface area contributed by atoms with Gasteiger partial charge in [0, 0.05) is 26.0 Å². The lowest BCUT2D eigenvalue weighted by atomic mass is 10.3. The van der Waals surface area contributed by atoms with Crippen LogP contribution in [0.4, 0.5) is 11.4 Å². The summed E-state index contributed by atoms with van der Waals surface area (Å²) in [6.45, 7) is 1.93. The Bertz CT molecular complexity index is 431. The van der Waals surface area contributed by atoms with Crippen molar-refractivity contribution in [3.05, 3.63) is 36.5 Å². The van der Waals surface area contributed by atoms with E-state index in [1.807, 2.05) is 38.4 Å². The van der Waals surface area contributed by atoms with Crippen molar-refractivity contribution >= 4 is 17.3 Å². The highest BCUT2D eigenvalue weighted by atomic mass is 15.3. The van der Waals surface area contributed by atoms with Crippen LogP contribution in [-0.2, 0) is 0 Å². The number of nitrogens with two attached hydrogens (primary N) is 1. The maximum absolute atomic E-state index is 5.58. The Hall–Kier alpha value is -2.17. The molecule has 0 bridgehead atoms. The van der Waals surface area contributed by atoms with Gasteiger partial charge in [0.2, 0.25) is 5.96 Å². The number of rotatable bonds is 2. The summed E-state index contributed by atoms with van der Waals surface area (Å²) < 4.78 is 0. The predicted octanol–water partition coefficient (Wildman–Crippen LogP) is 2.80. The van der Waals surface area contributed by atoms with Crippen LogP contribution in [0.1, 0.15) is 6.92 Å². The molecular formula is C12H17N5. The maximum atomic E-state index is 5.58. The molecule has 0 spiro atoms. The van der Waals surface area contributed by atoms with E-state index >= 15 is 0 Å². The summed E-state index contributed by atoms with van der Waals surface area (Å²) in [5.74, 6) is 0.542. The topological polar surface area (TPSA) is 66.3 Å². The van der Waals surface area contributed by atoms with Gasteiger partial charge in [-0.15, -0.1) is 10.2 Å². The number of nitrogens with zero attached hydrogens (tertiary/aromatic N) is 4. The molecule has 0 aliphatic heterocycles. The maximum Gasteiger partial charge on any atom is 0.244 e. The van der Waals surface area contributed by atoms with Gasteiger partial charge in [-0.05, 0) is 31.2 Å². The van der Waals surface area contributed by atoms with Crippen LogP contribution in [0.25, 0.3) is 0 Å². The molecule has 17 heavy (non-hydrogen) atoms. The minimum absolute atomic E-state index is 0.542. The average Bonchev–Trinajstić information content (AvgIpc) is 2.32. The summed E-state index contributed by atoms with van der Waals surface area (Å²) in [7, 11) is 3.54. The fraction of sp³-hybridized carbons (Fsp3) is 0.250. The van der Waals surface area contributed by atoms with Crippen molar-refractivity contribution in [2.45, 2.75) is 6.92 Å². The Kier molecular flexibility index (Phi) is 4.87. The third-order valence-electron chi connectivity index (χ3n) is 2.04. The molecule has 0 unspecified atom stereocenters. The summed E-state index contributed by atoms with van der Waals surface area (Å²) in [4.78, 5) is 5.84. The molecule has 2 N–H and O–H groups in total. The Labute approximate surface area is 101 Å². The van der Waals surface area contributed by atoms with Gasteiger partial charge in [-0.1, -0.05) is 6.08 Å². The summed E-state index contributed by atoms with van der Waals surface area (Å²) >= 11 is 0. The zero-order valence-electron chi connectivity index (χ0n) is 10.3. The number of nitrogen functional groups attached to an aromatic ring is 1. The lowest BCUT2D eigenvalue weighted by Crippen LogP contribution is -2.18. The van der Waals surface area contributed by atoms with Crippen LogP contribution < -0.4 is 5.73 Å². The second-order valence-electron chi connectivity index (χ2n) is 3.41. The highest BCUT2D eigenvalue weighted by Gasteiger charge is 1.99. The molecule has 0 aliphatic rings. The molecule has 1 rings (SSSR count). The van der Waals surface area contributed by atoms with Crippen LogP contribution in [0.15, 0.2) is 51.8 Å². The van der Waals surface area contributed by atoms with Gasteiger partial charge in [0.1, 0.15) is 0 Å². The fourth-order valence-corrected chi connectivity index (χ4v) is 1.21. The highest BCUT2D eigenvalue weighted by Crippen LogP contribution is 2.14. The number of anilines is 1. The molecule has 0 aliphatic carbocycles. The first-order valence-corrected chi connectivity index (χ1v) is 5.27. The number of allylic oxidation sites excluding steroid dienone is 1. The monoisotopic (exact) mass is 231 g/mol. The van der Waals surface area contributed by atoms with Gasteiger partial charge in [0.15, 0.2) is 0 Å². The molecule has 0 amide bonds. The highest BCUT2D eigenvalue weighted by molar-refractivity contribution is 5.81. The van der Waals surface area contributed by atoms with E-state index in [-0.39, 0.29) is 0 Å². The third kappa shape index (κ3) is 4.06. The molecule has 0 radical (unpaired) electrons. The second-order valence-corrected chi connectivity index (χ2v) is 3.41. The Morgan fingerprint density at radius 2 is 1.94 bits per heavy atom. The number of hydrogen-bond acceptors (Lipinski definition) is 3. The Morgan fingerprint density at radius 3 is 2.47 bits per heavy atom. The first-order valence-electron chi connectivity index (χ1n) is 5.27. The zero-order valence-corrected chi connectivity index (χ0v) is 10.3. The van der Waals surface area contributed by atoms with Crippen molar-refractivity contribution in [2.75, 3.05) is 19.8 Å². The molecule has 0 heterocycles. The molecule has 1 aromatic carbocycles. The SMILES string of the molecule is C/C=C\N(C)/C(N=Nc1ccc(N)cc1)=N/C. The van der Waals surface area contributed by atoms with Crippen LogP contribution in [0.3, 0.4) is 0 Å². The molecule has 0 saturated carbocycles. The van der Waals surface area contributed by atoms with Crippen molar-refractivity contribution in [3.63, 3.8) is 0 Å². The lowest BCUT2D eigenvalue weighted by Gasteiger charge is -2.10. The Morgan fingerprint density at radius 1 is 1.29 bits per heavy atom. The zero-order chi connectivity index (χ0) is 12.7. The first-order chi connectivity index (χ1) is 8.17. The average molecular weight is 231 g/mol. The molecule has 0 fully saturated rings. The van der Waals surface area contributed by atoms with Crippen LogP contribution in [0.5, 0.6) is 0 Å². The number of hydrogen-bond donors (Lipinski definition) is 1. The van der Waals surface area contributed by atoms with Gasteiger partial charge < -0.3 is 10.6 Å². The van der Waals surface area contributed by atoms with E-state index in [0.29, 0.717) is 11.6 Å². The Balaban J connectivity index is 2.78. The molecule has 0 aromatic heterocycles. The minimum atomic E-state index is 0.542. The molecule has 90 valence electrons. The van der Waals surface area contributed by atoms with E-state index in [1.165, 1.54) is 0 Å². The van der Waals surface area contributed by atoms with Gasteiger partial charge in [-0.25, -0.2) is 0 Å². The standard InChI is InChI=1S/C12H17N5/c1-4-9-17(3)12(14-2)16-15-11-7-5-10(13)6-8-11/h4-9H,13H2,1-3H3/b9-4-,14-12+,16-15?. The van der Waals surface area contributed by atoms with E-state index in [2.05, 4.69) is 15.2 Å². The third-order valence-corrected chi connectivity index (χ3v) is 2.04. The number of aliphatic imine (C=N–C) groups is 1. The van der Waals surface area contributed by atoms with Gasteiger partial charge in [-0.3, -0.25) is 4.99 Å². The smallest absolute Gasteiger partial charge is 0.244 e. The molecule has 0 saturated heterocycles. The van der Waals surface area contributed by atoms with Crippen molar-refractivity contribution in [1.82, 2.24) is 4.90 Å². The summed E-state index contributed by atoms with van der Waals surface area (Å²) in [5.41, 5.74) is 7.04. The minimum Gasteiger partial charge on any atom is -0.399 e. The summed E-state index contributed by atoms with van der Waals surface area (Å²) in [6.07, 6.45) is 3.77. The van der Waals surface area contributed by atoms with E-state index in [9.17, 15) is 0 Å².